The van der Waals surface area contributed by atoms with Crippen LogP contribution < -0.4 is 10.5 Å². The van der Waals surface area contributed by atoms with Gasteiger partial charge in [-0.1, -0.05) is 6.07 Å². The van der Waals surface area contributed by atoms with Crippen molar-refractivity contribution in [3.63, 3.8) is 0 Å². The van der Waals surface area contributed by atoms with Gasteiger partial charge in [0, 0.05) is 5.56 Å². The molecule has 1 heterocycles. The molecule has 0 saturated carbocycles. The molecule has 0 aliphatic rings. The monoisotopic (exact) mass is 231 g/mol. The molecule has 0 aliphatic carbocycles. The Morgan fingerprint density at radius 1 is 1.18 bits per heavy atom. The summed E-state index contributed by atoms with van der Waals surface area (Å²) in [7, 11) is 0. The second-order valence-corrected chi connectivity index (χ2v) is 4.11. The highest BCUT2D eigenvalue weighted by molar-refractivity contribution is 5.34. The minimum atomic E-state index is 0.401. The Kier molecular flexibility index (Phi) is 3.49. The first kappa shape index (κ1) is 11.7. The highest BCUT2D eigenvalue weighted by atomic mass is 16.5. The number of hydrogen-bond donors (Lipinski definition) is 1. The molecule has 1 aromatic heterocycles. The lowest BCUT2D eigenvalue weighted by molar-refractivity contribution is 0.302. The third-order valence-electron chi connectivity index (χ3n) is 2.90. The van der Waals surface area contributed by atoms with Gasteiger partial charge in [-0.3, -0.25) is 0 Å². The van der Waals surface area contributed by atoms with E-state index >= 15 is 0 Å². The fourth-order valence-electron chi connectivity index (χ4n) is 1.64. The number of furan rings is 1. The maximum atomic E-state index is 5.71. The van der Waals surface area contributed by atoms with Gasteiger partial charge in [-0.2, -0.15) is 0 Å². The average molecular weight is 231 g/mol. The molecule has 2 aromatic rings. The fourth-order valence-corrected chi connectivity index (χ4v) is 1.64. The van der Waals surface area contributed by atoms with Gasteiger partial charge in [0.05, 0.1) is 12.8 Å². The molecule has 0 atom stereocenters. The van der Waals surface area contributed by atoms with Gasteiger partial charge >= 0.3 is 0 Å². The molecule has 0 fully saturated rings. The van der Waals surface area contributed by atoms with Crippen LogP contribution in [0.5, 0.6) is 5.75 Å². The summed E-state index contributed by atoms with van der Waals surface area (Å²) in [6.45, 7) is 5.05. The van der Waals surface area contributed by atoms with Crippen molar-refractivity contribution in [2.24, 2.45) is 5.73 Å². The third-order valence-corrected chi connectivity index (χ3v) is 2.90. The molecule has 0 spiro atoms. The Hall–Kier alpha value is -1.74. The van der Waals surface area contributed by atoms with Crippen molar-refractivity contribution >= 4 is 0 Å². The number of nitrogens with two attached hydrogens (primary N) is 1. The second kappa shape index (κ2) is 5.06. The topological polar surface area (TPSA) is 48.4 Å². The van der Waals surface area contributed by atoms with Crippen molar-refractivity contribution in [3.8, 4) is 5.75 Å². The van der Waals surface area contributed by atoms with Gasteiger partial charge in [0.2, 0.25) is 0 Å². The molecular weight excluding hydrogens is 214 g/mol. The largest absolute Gasteiger partial charge is 0.489 e. The Morgan fingerprint density at radius 3 is 2.71 bits per heavy atom. The number of rotatable bonds is 4. The maximum absolute atomic E-state index is 5.71. The van der Waals surface area contributed by atoms with Crippen molar-refractivity contribution < 1.29 is 9.15 Å². The predicted octanol–water partition coefficient (Wildman–Crippen LogP) is 2.93. The van der Waals surface area contributed by atoms with Gasteiger partial charge < -0.3 is 14.9 Å². The van der Waals surface area contributed by atoms with E-state index in [0.29, 0.717) is 13.2 Å². The summed E-state index contributed by atoms with van der Waals surface area (Å²) in [6, 6.07) is 7.97. The number of aryl methyl sites for hydroxylation is 2. The predicted molar refractivity (Wildman–Crippen MR) is 66.8 cm³/mol. The van der Waals surface area contributed by atoms with Gasteiger partial charge in [-0.25, -0.2) is 0 Å². The van der Waals surface area contributed by atoms with E-state index in [9.17, 15) is 0 Å². The molecule has 17 heavy (non-hydrogen) atoms. The van der Waals surface area contributed by atoms with Crippen LogP contribution in [0, 0.1) is 13.8 Å². The molecule has 1 aromatic carbocycles. The lowest BCUT2D eigenvalue weighted by atomic mass is 10.1. The van der Waals surface area contributed by atoms with Gasteiger partial charge in [0.1, 0.15) is 18.1 Å². The molecule has 3 nitrogen and oxygen atoms in total. The first-order valence-corrected chi connectivity index (χ1v) is 5.66. The Morgan fingerprint density at radius 2 is 2.00 bits per heavy atom. The molecule has 0 radical (unpaired) electrons. The van der Waals surface area contributed by atoms with Crippen molar-refractivity contribution in [2.45, 2.75) is 27.0 Å². The van der Waals surface area contributed by atoms with E-state index < -0.39 is 0 Å². The highest BCUT2D eigenvalue weighted by Gasteiger charge is 2.05. The fraction of sp³-hybridized carbons (Fsp3) is 0.286. The zero-order valence-corrected chi connectivity index (χ0v) is 10.2. The van der Waals surface area contributed by atoms with Crippen LogP contribution in [0.2, 0.25) is 0 Å². The van der Waals surface area contributed by atoms with Gasteiger partial charge in [-0.15, -0.1) is 0 Å². The summed E-state index contributed by atoms with van der Waals surface area (Å²) in [6.07, 6.45) is 1.64. The maximum Gasteiger partial charge on any atom is 0.123 e. The molecule has 0 bridgehead atoms. The summed E-state index contributed by atoms with van der Waals surface area (Å²) in [5.41, 5.74) is 9.06. The van der Waals surface area contributed by atoms with Crippen molar-refractivity contribution in [1.29, 1.82) is 0 Å². The van der Waals surface area contributed by atoms with Crippen molar-refractivity contribution in [2.75, 3.05) is 0 Å². The van der Waals surface area contributed by atoms with Crippen molar-refractivity contribution in [1.82, 2.24) is 0 Å². The summed E-state index contributed by atoms with van der Waals surface area (Å²) in [5, 5.41) is 0. The standard InChI is InChI=1S/C14H17NO2/c1-10-3-4-13(7-11(10)2)17-9-12-5-6-16-14(12)8-15/h3-7H,8-9,15H2,1-2H3. The van der Waals surface area contributed by atoms with E-state index in [0.717, 1.165) is 17.1 Å². The first-order chi connectivity index (χ1) is 8.20. The molecular formula is C14H17NO2. The molecule has 90 valence electrons. The molecule has 0 saturated heterocycles. The lowest BCUT2D eigenvalue weighted by Crippen LogP contribution is -2.02. The van der Waals surface area contributed by atoms with E-state index in [1.165, 1.54) is 11.1 Å². The Bertz CT molecular complexity index is 503. The number of hydrogen-bond acceptors (Lipinski definition) is 3. The second-order valence-electron chi connectivity index (χ2n) is 4.11. The normalized spacial score (nSPS) is 10.5. The SMILES string of the molecule is Cc1ccc(OCc2ccoc2CN)cc1C. The Balaban J connectivity index is 2.05. The molecule has 2 N–H and O–H groups in total. The number of benzene rings is 1. The molecule has 0 unspecified atom stereocenters. The quantitative estimate of drug-likeness (QED) is 0.880. The van der Waals surface area contributed by atoms with Crippen LogP contribution >= 0.6 is 0 Å². The van der Waals surface area contributed by atoms with Crippen LogP contribution in [0.1, 0.15) is 22.5 Å². The smallest absolute Gasteiger partial charge is 0.123 e. The van der Waals surface area contributed by atoms with Crippen LogP contribution in [-0.4, -0.2) is 0 Å². The van der Waals surface area contributed by atoms with Crippen LogP contribution in [0.4, 0.5) is 0 Å². The van der Waals surface area contributed by atoms with Crippen LogP contribution in [0.15, 0.2) is 34.9 Å². The van der Waals surface area contributed by atoms with Gasteiger partial charge in [-0.05, 0) is 43.2 Å². The average Bonchev–Trinajstić information content (AvgIpc) is 2.78. The summed E-state index contributed by atoms with van der Waals surface area (Å²) in [5.74, 6) is 1.66. The van der Waals surface area contributed by atoms with E-state index in [-0.39, 0.29) is 0 Å². The molecule has 0 amide bonds. The van der Waals surface area contributed by atoms with E-state index in [1.807, 2.05) is 18.2 Å². The van der Waals surface area contributed by atoms with E-state index in [1.54, 1.807) is 6.26 Å². The summed E-state index contributed by atoms with van der Waals surface area (Å²) in [4.78, 5) is 0. The van der Waals surface area contributed by atoms with E-state index in [2.05, 4.69) is 19.9 Å². The third kappa shape index (κ3) is 2.68. The first-order valence-electron chi connectivity index (χ1n) is 5.66. The van der Waals surface area contributed by atoms with Crippen LogP contribution in [0.3, 0.4) is 0 Å². The summed E-state index contributed by atoms with van der Waals surface area (Å²) >= 11 is 0. The summed E-state index contributed by atoms with van der Waals surface area (Å²) < 4.78 is 11.0. The highest BCUT2D eigenvalue weighted by Crippen LogP contribution is 2.19. The zero-order valence-electron chi connectivity index (χ0n) is 10.2. The van der Waals surface area contributed by atoms with E-state index in [4.69, 9.17) is 14.9 Å². The van der Waals surface area contributed by atoms with Gasteiger partial charge in [0.25, 0.3) is 0 Å². The van der Waals surface area contributed by atoms with Crippen LogP contribution in [0.25, 0.3) is 0 Å². The van der Waals surface area contributed by atoms with Gasteiger partial charge in [0.15, 0.2) is 0 Å². The molecule has 0 aliphatic heterocycles. The minimum absolute atomic E-state index is 0.401. The Labute approximate surface area is 101 Å². The minimum Gasteiger partial charge on any atom is -0.489 e. The van der Waals surface area contributed by atoms with Crippen LogP contribution in [-0.2, 0) is 13.2 Å². The number of ether oxygens (including phenoxy) is 1. The zero-order chi connectivity index (χ0) is 12.3. The molecule has 3 heteroatoms. The molecule has 2 rings (SSSR count). The lowest BCUT2D eigenvalue weighted by Gasteiger charge is -2.08. The van der Waals surface area contributed by atoms with Crippen molar-refractivity contribution in [3.05, 3.63) is 53.0 Å².